The van der Waals surface area contributed by atoms with Crippen LogP contribution in [0.1, 0.15) is 40.4 Å². The van der Waals surface area contributed by atoms with E-state index in [-0.39, 0.29) is 0 Å². The van der Waals surface area contributed by atoms with Gasteiger partial charge in [0, 0.05) is 48.2 Å². The predicted octanol–water partition coefficient (Wildman–Crippen LogP) is 3.62. The van der Waals surface area contributed by atoms with Gasteiger partial charge in [0.15, 0.2) is 0 Å². The fourth-order valence-electron chi connectivity index (χ4n) is 3.86. The molecule has 2 aromatic heterocycles. The minimum absolute atomic E-state index is 0.407. The average Bonchev–Trinajstić information content (AvgIpc) is 2.75. The molecule has 0 spiro atoms. The van der Waals surface area contributed by atoms with Crippen LogP contribution in [0.4, 0.5) is 0 Å². The van der Waals surface area contributed by atoms with Crippen molar-refractivity contribution in [2.45, 2.75) is 25.3 Å². The van der Waals surface area contributed by atoms with Gasteiger partial charge in [-0.15, -0.1) is 0 Å². The molecule has 1 fully saturated rings. The first-order valence-corrected chi connectivity index (χ1v) is 9.67. The standard InChI is InChI=1S/C23H24N4O/c24-23(28)19-7-1-6-18(13-19)21-9-2-10-22(26-21)20-8-4-12-27(16-20)15-17-5-3-11-25-14-17/h1-3,5-7,9-11,13-14,20H,4,8,12,15-16H2,(H2,24,28). The SMILES string of the molecule is NC(=O)c1cccc(-c2cccc(C3CCCN(Cc4cccnc4)C3)n2)c1. The number of piperidine rings is 1. The summed E-state index contributed by atoms with van der Waals surface area (Å²) >= 11 is 0. The summed E-state index contributed by atoms with van der Waals surface area (Å²) in [6, 6.07) is 17.6. The van der Waals surface area contributed by atoms with Crippen molar-refractivity contribution in [3.8, 4) is 11.3 Å². The van der Waals surface area contributed by atoms with Crippen LogP contribution < -0.4 is 5.73 Å². The first kappa shape index (κ1) is 18.3. The molecule has 5 nitrogen and oxygen atoms in total. The number of primary amides is 1. The number of benzene rings is 1. The lowest BCUT2D eigenvalue weighted by molar-refractivity contribution is 0.100. The maximum atomic E-state index is 11.5. The van der Waals surface area contributed by atoms with Crippen molar-refractivity contribution >= 4 is 5.91 Å². The number of carbonyl (C=O) groups is 1. The lowest BCUT2D eigenvalue weighted by atomic mass is 9.93. The molecule has 0 saturated carbocycles. The second-order valence-electron chi connectivity index (χ2n) is 7.33. The summed E-state index contributed by atoms with van der Waals surface area (Å²) in [5, 5.41) is 0. The van der Waals surface area contributed by atoms with Crippen LogP contribution in [0.5, 0.6) is 0 Å². The van der Waals surface area contributed by atoms with Crippen molar-refractivity contribution in [2.24, 2.45) is 5.73 Å². The molecule has 28 heavy (non-hydrogen) atoms. The Labute approximate surface area is 165 Å². The monoisotopic (exact) mass is 372 g/mol. The van der Waals surface area contributed by atoms with E-state index in [0.717, 1.165) is 49.4 Å². The molecule has 2 N–H and O–H groups in total. The van der Waals surface area contributed by atoms with Crippen molar-refractivity contribution in [3.05, 3.63) is 83.8 Å². The molecule has 1 atom stereocenters. The zero-order valence-corrected chi connectivity index (χ0v) is 15.8. The van der Waals surface area contributed by atoms with Gasteiger partial charge in [0.25, 0.3) is 0 Å². The van der Waals surface area contributed by atoms with Crippen molar-refractivity contribution in [1.82, 2.24) is 14.9 Å². The molecule has 5 heteroatoms. The van der Waals surface area contributed by atoms with Crippen molar-refractivity contribution in [1.29, 1.82) is 0 Å². The summed E-state index contributed by atoms with van der Waals surface area (Å²) in [7, 11) is 0. The number of nitrogens with zero attached hydrogens (tertiary/aromatic N) is 3. The fourth-order valence-corrected chi connectivity index (χ4v) is 3.86. The molecule has 4 rings (SSSR count). The number of hydrogen-bond donors (Lipinski definition) is 1. The first-order chi connectivity index (χ1) is 13.7. The summed E-state index contributed by atoms with van der Waals surface area (Å²) in [5.41, 5.74) is 10.1. The summed E-state index contributed by atoms with van der Waals surface area (Å²) in [6.07, 6.45) is 6.05. The van der Waals surface area contributed by atoms with E-state index >= 15 is 0 Å². The van der Waals surface area contributed by atoms with Gasteiger partial charge in [0.1, 0.15) is 0 Å². The number of nitrogens with two attached hydrogens (primary N) is 1. The number of pyridine rings is 2. The second-order valence-corrected chi connectivity index (χ2v) is 7.33. The van der Waals surface area contributed by atoms with Gasteiger partial charge >= 0.3 is 0 Å². The van der Waals surface area contributed by atoms with Gasteiger partial charge in [-0.25, -0.2) is 0 Å². The largest absolute Gasteiger partial charge is 0.366 e. The average molecular weight is 372 g/mol. The molecule has 3 aromatic rings. The number of rotatable bonds is 5. The van der Waals surface area contributed by atoms with E-state index < -0.39 is 5.91 Å². The Morgan fingerprint density at radius 3 is 2.86 bits per heavy atom. The van der Waals surface area contributed by atoms with Crippen LogP contribution in [0.2, 0.25) is 0 Å². The number of hydrogen-bond acceptors (Lipinski definition) is 4. The van der Waals surface area contributed by atoms with Crippen LogP contribution >= 0.6 is 0 Å². The summed E-state index contributed by atoms with van der Waals surface area (Å²) < 4.78 is 0. The fraction of sp³-hybridized carbons (Fsp3) is 0.261. The summed E-state index contributed by atoms with van der Waals surface area (Å²) in [6.45, 7) is 3.02. The maximum Gasteiger partial charge on any atom is 0.248 e. The third-order valence-corrected chi connectivity index (χ3v) is 5.27. The number of aromatic nitrogens is 2. The van der Waals surface area contributed by atoms with Gasteiger partial charge in [-0.05, 0) is 55.3 Å². The summed E-state index contributed by atoms with van der Waals surface area (Å²) in [5.74, 6) is -0.0129. The van der Waals surface area contributed by atoms with E-state index in [1.54, 1.807) is 6.07 Å². The van der Waals surface area contributed by atoms with E-state index in [1.807, 2.05) is 42.7 Å². The van der Waals surface area contributed by atoms with Crippen molar-refractivity contribution in [3.63, 3.8) is 0 Å². The van der Waals surface area contributed by atoms with Crippen LogP contribution in [0.15, 0.2) is 67.0 Å². The lowest BCUT2D eigenvalue weighted by Crippen LogP contribution is -2.34. The van der Waals surface area contributed by atoms with Crippen LogP contribution in [0, 0.1) is 0 Å². The highest BCUT2D eigenvalue weighted by atomic mass is 16.1. The molecule has 1 unspecified atom stereocenters. The van der Waals surface area contributed by atoms with E-state index in [2.05, 4.69) is 28.1 Å². The van der Waals surface area contributed by atoms with E-state index in [9.17, 15) is 4.79 Å². The molecule has 3 heterocycles. The van der Waals surface area contributed by atoms with Gasteiger partial charge in [-0.1, -0.05) is 24.3 Å². The lowest BCUT2D eigenvalue weighted by Gasteiger charge is -2.32. The Morgan fingerprint density at radius 2 is 2.04 bits per heavy atom. The van der Waals surface area contributed by atoms with Gasteiger partial charge in [-0.2, -0.15) is 0 Å². The third-order valence-electron chi connectivity index (χ3n) is 5.27. The zero-order valence-electron chi connectivity index (χ0n) is 15.8. The van der Waals surface area contributed by atoms with E-state index in [1.165, 1.54) is 5.56 Å². The Bertz CT molecular complexity index is 958. The highest BCUT2D eigenvalue weighted by Gasteiger charge is 2.22. The molecule has 1 aromatic carbocycles. The van der Waals surface area contributed by atoms with Gasteiger partial charge in [0.05, 0.1) is 5.69 Å². The van der Waals surface area contributed by atoms with E-state index in [0.29, 0.717) is 11.5 Å². The van der Waals surface area contributed by atoms with Gasteiger partial charge < -0.3 is 5.73 Å². The zero-order chi connectivity index (χ0) is 19.3. The topological polar surface area (TPSA) is 72.1 Å². The third kappa shape index (κ3) is 4.26. The van der Waals surface area contributed by atoms with Crippen LogP contribution in [0.3, 0.4) is 0 Å². The Kier molecular flexibility index (Phi) is 5.44. The van der Waals surface area contributed by atoms with Gasteiger partial charge in [0.2, 0.25) is 5.91 Å². The van der Waals surface area contributed by atoms with Crippen LogP contribution in [-0.2, 0) is 6.54 Å². The number of likely N-dealkylation sites (tertiary alicyclic amines) is 1. The molecule has 1 amide bonds. The molecule has 1 aliphatic rings. The predicted molar refractivity (Wildman–Crippen MR) is 110 cm³/mol. The molecule has 1 aliphatic heterocycles. The molecule has 142 valence electrons. The molecular weight excluding hydrogens is 348 g/mol. The van der Waals surface area contributed by atoms with E-state index in [4.69, 9.17) is 10.7 Å². The van der Waals surface area contributed by atoms with Crippen LogP contribution in [0.25, 0.3) is 11.3 Å². The molecule has 0 aliphatic carbocycles. The van der Waals surface area contributed by atoms with Gasteiger partial charge in [-0.3, -0.25) is 19.7 Å². The minimum Gasteiger partial charge on any atom is -0.366 e. The summed E-state index contributed by atoms with van der Waals surface area (Å²) in [4.78, 5) is 23.1. The Balaban J connectivity index is 1.52. The highest BCUT2D eigenvalue weighted by Crippen LogP contribution is 2.28. The number of carbonyl (C=O) groups excluding carboxylic acids is 1. The Morgan fingerprint density at radius 1 is 1.14 bits per heavy atom. The molecule has 0 radical (unpaired) electrons. The minimum atomic E-state index is -0.420. The second kappa shape index (κ2) is 8.31. The van der Waals surface area contributed by atoms with Crippen molar-refractivity contribution in [2.75, 3.05) is 13.1 Å². The smallest absolute Gasteiger partial charge is 0.248 e. The highest BCUT2D eigenvalue weighted by molar-refractivity contribution is 5.93. The normalized spacial score (nSPS) is 17.4. The van der Waals surface area contributed by atoms with Crippen LogP contribution in [-0.4, -0.2) is 33.9 Å². The quantitative estimate of drug-likeness (QED) is 0.742. The maximum absolute atomic E-state index is 11.5. The molecule has 0 bridgehead atoms. The molecule has 1 saturated heterocycles. The first-order valence-electron chi connectivity index (χ1n) is 9.67. The number of amides is 1. The van der Waals surface area contributed by atoms with Crippen molar-refractivity contribution < 1.29 is 4.79 Å². The molecular formula is C23H24N4O. The Hall–Kier alpha value is -3.05.